The molecular weight excluding hydrogens is 262 g/mol. The Kier molecular flexibility index (Phi) is 3.67. The molecule has 0 spiro atoms. The van der Waals surface area contributed by atoms with E-state index in [4.69, 9.17) is 9.15 Å². The molecule has 0 amide bonds. The van der Waals surface area contributed by atoms with E-state index < -0.39 is 0 Å². The standard InChI is InChI=1S/C18H19NO2/c1-12-10-14(8-9-15(12)20-3)18(19-2)17-11-13-6-4-5-7-16(13)21-17/h4-11,18-19H,1-3H3. The van der Waals surface area contributed by atoms with Gasteiger partial charge in [-0.15, -0.1) is 0 Å². The average molecular weight is 281 g/mol. The maximum absolute atomic E-state index is 5.98. The Hall–Kier alpha value is -2.26. The van der Waals surface area contributed by atoms with Gasteiger partial charge in [0.15, 0.2) is 0 Å². The molecule has 21 heavy (non-hydrogen) atoms. The SMILES string of the molecule is CNC(c1ccc(OC)c(C)c1)c1cc2ccccc2o1. The number of rotatable bonds is 4. The first-order valence-electron chi connectivity index (χ1n) is 7.03. The molecule has 1 heterocycles. The molecule has 0 aliphatic carbocycles. The first-order chi connectivity index (χ1) is 10.2. The van der Waals surface area contributed by atoms with Crippen LogP contribution in [0.5, 0.6) is 5.75 Å². The zero-order valence-electron chi connectivity index (χ0n) is 12.5. The van der Waals surface area contributed by atoms with Gasteiger partial charge >= 0.3 is 0 Å². The largest absolute Gasteiger partial charge is 0.496 e. The molecule has 0 saturated carbocycles. The lowest BCUT2D eigenvalue weighted by Gasteiger charge is -2.16. The van der Waals surface area contributed by atoms with E-state index in [9.17, 15) is 0 Å². The van der Waals surface area contributed by atoms with E-state index in [0.29, 0.717) is 0 Å². The molecule has 108 valence electrons. The van der Waals surface area contributed by atoms with Gasteiger partial charge in [-0.05, 0) is 43.3 Å². The minimum Gasteiger partial charge on any atom is -0.496 e. The molecule has 1 unspecified atom stereocenters. The number of aryl methyl sites for hydroxylation is 1. The molecular formula is C18H19NO2. The highest BCUT2D eigenvalue weighted by molar-refractivity contribution is 5.78. The lowest BCUT2D eigenvalue weighted by atomic mass is 10.0. The summed E-state index contributed by atoms with van der Waals surface area (Å²) in [4.78, 5) is 0. The van der Waals surface area contributed by atoms with Crippen molar-refractivity contribution >= 4 is 11.0 Å². The van der Waals surface area contributed by atoms with Crippen molar-refractivity contribution in [3.8, 4) is 5.75 Å². The van der Waals surface area contributed by atoms with Crippen molar-refractivity contribution in [1.29, 1.82) is 0 Å². The minimum absolute atomic E-state index is 0.0296. The van der Waals surface area contributed by atoms with Gasteiger partial charge in [0.1, 0.15) is 17.1 Å². The molecule has 3 nitrogen and oxygen atoms in total. The van der Waals surface area contributed by atoms with Gasteiger partial charge in [-0.3, -0.25) is 0 Å². The summed E-state index contributed by atoms with van der Waals surface area (Å²) in [6.45, 7) is 2.05. The number of ether oxygens (including phenoxy) is 1. The van der Waals surface area contributed by atoms with E-state index in [-0.39, 0.29) is 6.04 Å². The Bertz CT molecular complexity index is 728. The fourth-order valence-electron chi connectivity index (χ4n) is 2.70. The summed E-state index contributed by atoms with van der Waals surface area (Å²) in [6, 6.07) is 16.4. The van der Waals surface area contributed by atoms with E-state index in [1.165, 1.54) is 0 Å². The van der Waals surface area contributed by atoms with E-state index in [2.05, 4.69) is 29.6 Å². The molecule has 0 bridgehead atoms. The van der Waals surface area contributed by atoms with Gasteiger partial charge in [-0.1, -0.05) is 30.3 Å². The molecule has 3 heteroatoms. The number of methoxy groups -OCH3 is 1. The summed E-state index contributed by atoms with van der Waals surface area (Å²) in [5, 5.41) is 4.45. The highest BCUT2D eigenvalue weighted by atomic mass is 16.5. The van der Waals surface area contributed by atoms with Crippen LogP contribution in [-0.2, 0) is 0 Å². The molecule has 0 aliphatic rings. The minimum atomic E-state index is 0.0296. The van der Waals surface area contributed by atoms with Crippen molar-refractivity contribution in [2.24, 2.45) is 0 Å². The molecule has 1 N–H and O–H groups in total. The Labute approximate surface area is 124 Å². The highest BCUT2D eigenvalue weighted by Crippen LogP contribution is 2.30. The summed E-state index contributed by atoms with van der Waals surface area (Å²) >= 11 is 0. The Morgan fingerprint density at radius 2 is 1.90 bits per heavy atom. The number of nitrogens with one attached hydrogen (secondary N) is 1. The number of benzene rings is 2. The first kappa shape index (κ1) is 13.7. The summed E-state index contributed by atoms with van der Waals surface area (Å²) in [5.41, 5.74) is 3.19. The van der Waals surface area contributed by atoms with E-state index in [0.717, 1.165) is 33.6 Å². The zero-order valence-corrected chi connectivity index (χ0v) is 12.5. The van der Waals surface area contributed by atoms with E-state index >= 15 is 0 Å². The predicted octanol–water partition coefficient (Wildman–Crippen LogP) is 4.06. The number of fused-ring (bicyclic) bond motifs is 1. The number of furan rings is 1. The van der Waals surface area contributed by atoms with Gasteiger partial charge in [-0.2, -0.15) is 0 Å². The maximum atomic E-state index is 5.98. The van der Waals surface area contributed by atoms with Gasteiger partial charge in [0.2, 0.25) is 0 Å². The Balaban J connectivity index is 2.03. The number of hydrogen-bond acceptors (Lipinski definition) is 3. The highest BCUT2D eigenvalue weighted by Gasteiger charge is 2.17. The van der Waals surface area contributed by atoms with Crippen LogP contribution in [0.2, 0.25) is 0 Å². The van der Waals surface area contributed by atoms with Gasteiger partial charge in [0.05, 0.1) is 13.2 Å². The molecule has 3 rings (SSSR count). The van der Waals surface area contributed by atoms with Crippen LogP contribution in [0.15, 0.2) is 52.9 Å². The van der Waals surface area contributed by atoms with Crippen molar-refractivity contribution < 1.29 is 9.15 Å². The Morgan fingerprint density at radius 3 is 2.57 bits per heavy atom. The summed E-state index contributed by atoms with van der Waals surface area (Å²) in [5.74, 6) is 1.82. The molecule has 3 aromatic rings. The van der Waals surface area contributed by atoms with Crippen LogP contribution in [0.4, 0.5) is 0 Å². The van der Waals surface area contributed by atoms with Crippen molar-refractivity contribution in [2.45, 2.75) is 13.0 Å². The van der Waals surface area contributed by atoms with Crippen LogP contribution in [0.1, 0.15) is 22.9 Å². The van der Waals surface area contributed by atoms with E-state index in [1.807, 2.05) is 38.2 Å². The molecule has 2 aromatic carbocycles. The third kappa shape index (κ3) is 2.52. The molecule has 0 fully saturated rings. The topological polar surface area (TPSA) is 34.4 Å². The fraction of sp³-hybridized carbons (Fsp3) is 0.222. The molecule has 1 aromatic heterocycles. The van der Waals surface area contributed by atoms with Gasteiger partial charge in [0, 0.05) is 5.39 Å². The molecule has 0 aliphatic heterocycles. The molecule has 0 radical (unpaired) electrons. The van der Waals surface area contributed by atoms with Crippen LogP contribution in [0.3, 0.4) is 0 Å². The lowest BCUT2D eigenvalue weighted by Crippen LogP contribution is -2.17. The van der Waals surface area contributed by atoms with Crippen LogP contribution in [0, 0.1) is 6.92 Å². The third-order valence-corrected chi connectivity index (χ3v) is 3.77. The molecule has 0 saturated heterocycles. The van der Waals surface area contributed by atoms with Gasteiger partial charge in [0.25, 0.3) is 0 Å². The van der Waals surface area contributed by atoms with Crippen LogP contribution >= 0.6 is 0 Å². The maximum Gasteiger partial charge on any atom is 0.134 e. The normalized spacial score (nSPS) is 12.5. The second-order valence-electron chi connectivity index (χ2n) is 5.14. The second-order valence-corrected chi connectivity index (χ2v) is 5.14. The second kappa shape index (κ2) is 5.62. The predicted molar refractivity (Wildman–Crippen MR) is 84.8 cm³/mol. The number of hydrogen-bond donors (Lipinski definition) is 1. The quantitative estimate of drug-likeness (QED) is 0.783. The average Bonchev–Trinajstić information content (AvgIpc) is 2.91. The summed E-state index contributed by atoms with van der Waals surface area (Å²) in [6.07, 6.45) is 0. The monoisotopic (exact) mass is 281 g/mol. The van der Waals surface area contributed by atoms with Gasteiger partial charge < -0.3 is 14.5 Å². The third-order valence-electron chi connectivity index (χ3n) is 3.77. The summed E-state index contributed by atoms with van der Waals surface area (Å²) in [7, 11) is 3.63. The molecule has 1 atom stereocenters. The van der Waals surface area contributed by atoms with Crippen LogP contribution in [-0.4, -0.2) is 14.2 Å². The van der Waals surface area contributed by atoms with Crippen LogP contribution < -0.4 is 10.1 Å². The van der Waals surface area contributed by atoms with Crippen LogP contribution in [0.25, 0.3) is 11.0 Å². The fourth-order valence-corrected chi connectivity index (χ4v) is 2.70. The smallest absolute Gasteiger partial charge is 0.134 e. The lowest BCUT2D eigenvalue weighted by molar-refractivity contribution is 0.411. The van der Waals surface area contributed by atoms with Crippen molar-refractivity contribution in [1.82, 2.24) is 5.32 Å². The van der Waals surface area contributed by atoms with E-state index in [1.54, 1.807) is 7.11 Å². The van der Waals surface area contributed by atoms with Crippen molar-refractivity contribution in [2.75, 3.05) is 14.2 Å². The van der Waals surface area contributed by atoms with Crippen molar-refractivity contribution in [3.05, 3.63) is 65.4 Å². The summed E-state index contributed by atoms with van der Waals surface area (Å²) < 4.78 is 11.3. The Morgan fingerprint density at radius 1 is 1.10 bits per heavy atom. The number of para-hydroxylation sites is 1. The van der Waals surface area contributed by atoms with Crippen molar-refractivity contribution in [3.63, 3.8) is 0 Å². The first-order valence-corrected chi connectivity index (χ1v) is 7.03. The van der Waals surface area contributed by atoms with Gasteiger partial charge in [-0.25, -0.2) is 0 Å². The zero-order chi connectivity index (χ0) is 14.8.